The van der Waals surface area contributed by atoms with Crippen LogP contribution >= 0.6 is 11.6 Å². The molecule has 3 aromatic rings. The van der Waals surface area contributed by atoms with Crippen molar-refractivity contribution in [3.8, 4) is 16.9 Å². The van der Waals surface area contributed by atoms with Crippen LogP contribution in [0.3, 0.4) is 0 Å². The third kappa shape index (κ3) is 3.16. The molecule has 0 aliphatic carbocycles. The first-order chi connectivity index (χ1) is 13.5. The molecule has 0 saturated carbocycles. The number of nitrogens with zero attached hydrogens (tertiary/aromatic N) is 2. The Hall–Kier alpha value is -3.12. The third-order valence-electron chi connectivity index (χ3n) is 4.74. The topological polar surface area (TPSA) is 90.7 Å². The summed E-state index contributed by atoms with van der Waals surface area (Å²) in [5, 5.41) is 4.73. The number of nitrogens with two attached hydrogens (primary N) is 1. The second-order valence-electron chi connectivity index (χ2n) is 6.59. The molecule has 1 aliphatic heterocycles. The smallest absolute Gasteiger partial charge is 0.220 e. The molecule has 2 N–H and O–H groups in total. The van der Waals surface area contributed by atoms with Gasteiger partial charge in [0.15, 0.2) is 5.76 Å². The number of aromatic nitrogens is 1. The Labute approximate surface area is 167 Å². The summed E-state index contributed by atoms with van der Waals surface area (Å²) in [6.07, 6.45) is 0.0177. The molecule has 0 bridgehead atoms. The number of ether oxygens (including phenoxy) is 1. The molecule has 28 heavy (non-hydrogen) atoms. The highest BCUT2D eigenvalue weighted by molar-refractivity contribution is 6.30. The highest BCUT2D eigenvalue weighted by Gasteiger charge is 2.31. The van der Waals surface area contributed by atoms with E-state index in [0.717, 1.165) is 27.9 Å². The third-order valence-corrected chi connectivity index (χ3v) is 4.99. The van der Waals surface area contributed by atoms with Crippen LogP contribution in [0.5, 0.6) is 5.75 Å². The Kier molecular flexibility index (Phi) is 4.65. The molecule has 1 amide bonds. The molecule has 1 atom stereocenters. The first kappa shape index (κ1) is 18.3. The molecule has 0 unspecified atom stereocenters. The van der Waals surface area contributed by atoms with Crippen LogP contribution in [0, 0.1) is 6.92 Å². The number of hydrogen-bond acceptors (Lipinski definition) is 5. The fourth-order valence-electron chi connectivity index (χ4n) is 3.46. The number of hydrogen-bond donors (Lipinski definition) is 1. The molecule has 1 aliphatic rings. The standard InChI is InChI=1S/C21H18ClN3O3/c1-11-19-15-8-7-14(27-2)9-16(15)20(12-3-5-13(22)6-4-12)24-17(10-18(23)26)21(19)28-25-11/h3-9,17H,10H2,1-2H3,(H2,23,26)/t17-/m0/s1. The maximum absolute atomic E-state index is 11.7. The maximum Gasteiger partial charge on any atom is 0.220 e. The Bertz CT molecular complexity index is 1090. The van der Waals surface area contributed by atoms with Gasteiger partial charge in [0.25, 0.3) is 0 Å². The predicted octanol–water partition coefficient (Wildman–Crippen LogP) is 4.08. The van der Waals surface area contributed by atoms with Crippen LogP contribution in [0.2, 0.25) is 5.02 Å². The molecule has 0 fully saturated rings. The van der Waals surface area contributed by atoms with Crippen molar-refractivity contribution in [1.82, 2.24) is 5.16 Å². The van der Waals surface area contributed by atoms with Gasteiger partial charge in [-0.15, -0.1) is 0 Å². The van der Waals surface area contributed by atoms with Gasteiger partial charge in [-0.1, -0.05) is 28.9 Å². The lowest BCUT2D eigenvalue weighted by Crippen LogP contribution is -2.15. The quantitative estimate of drug-likeness (QED) is 0.720. The first-order valence-corrected chi connectivity index (χ1v) is 9.12. The van der Waals surface area contributed by atoms with E-state index in [-0.39, 0.29) is 6.42 Å². The number of fused-ring (bicyclic) bond motifs is 3. The van der Waals surface area contributed by atoms with Gasteiger partial charge in [0.1, 0.15) is 11.8 Å². The van der Waals surface area contributed by atoms with E-state index in [2.05, 4.69) is 5.16 Å². The lowest BCUT2D eigenvalue weighted by molar-refractivity contribution is -0.118. The van der Waals surface area contributed by atoms with Crippen molar-refractivity contribution in [2.45, 2.75) is 19.4 Å². The molecule has 1 aromatic heterocycles. The van der Waals surface area contributed by atoms with Crippen molar-refractivity contribution in [2.75, 3.05) is 7.11 Å². The van der Waals surface area contributed by atoms with Gasteiger partial charge >= 0.3 is 0 Å². The first-order valence-electron chi connectivity index (χ1n) is 8.75. The maximum atomic E-state index is 11.7. The summed E-state index contributed by atoms with van der Waals surface area (Å²) in [5.74, 6) is 0.767. The van der Waals surface area contributed by atoms with E-state index < -0.39 is 11.9 Å². The van der Waals surface area contributed by atoms with E-state index in [1.165, 1.54) is 0 Å². The average Bonchev–Trinajstić information content (AvgIpc) is 3.00. The zero-order valence-electron chi connectivity index (χ0n) is 15.4. The summed E-state index contributed by atoms with van der Waals surface area (Å²) in [6.45, 7) is 1.87. The second-order valence-corrected chi connectivity index (χ2v) is 7.03. The van der Waals surface area contributed by atoms with Crippen LogP contribution < -0.4 is 10.5 Å². The number of benzene rings is 2. The molecule has 0 radical (unpaired) electrons. The van der Waals surface area contributed by atoms with Crippen LogP contribution in [0.25, 0.3) is 11.1 Å². The minimum Gasteiger partial charge on any atom is -0.497 e. The molecule has 7 heteroatoms. The van der Waals surface area contributed by atoms with Gasteiger partial charge in [-0.05, 0) is 42.8 Å². The van der Waals surface area contributed by atoms with Crippen LogP contribution in [-0.4, -0.2) is 23.9 Å². The van der Waals surface area contributed by atoms with Crippen molar-refractivity contribution in [3.05, 3.63) is 70.1 Å². The Morgan fingerprint density at radius 3 is 2.64 bits per heavy atom. The van der Waals surface area contributed by atoms with Crippen molar-refractivity contribution in [1.29, 1.82) is 0 Å². The summed E-state index contributed by atoms with van der Waals surface area (Å²) < 4.78 is 11.0. The number of rotatable bonds is 4. The zero-order valence-corrected chi connectivity index (χ0v) is 16.2. The number of aliphatic imine (C=N–C) groups is 1. The zero-order chi connectivity index (χ0) is 19.8. The van der Waals surface area contributed by atoms with Crippen LogP contribution in [0.15, 0.2) is 52.0 Å². The molecule has 2 heterocycles. The van der Waals surface area contributed by atoms with Crippen LogP contribution in [0.4, 0.5) is 0 Å². The molecule has 0 spiro atoms. The Morgan fingerprint density at radius 2 is 1.96 bits per heavy atom. The average molecular weight is 396 g/mol. The van der Waals surface area contributed by atoms with E-state index in [4.69, 9.17) is 31.6 Å². The molecule has 4 rings (SSSR count). The van der Waals surface area contributed by atoms with E-state index in [1.807, 2.05) is 37.3 Å². The fraction of sp³-hybridized carbons (Fsp3) is 0.190. The van der Waals surface area contributed by atoms with Gasteiger partial charge in [-0.3, -0.25) is 9.79 Å². The molecule has 0 saturated heterocycles. The molecule has 2 aromatic carbocycles. The highest BCUT2D eigenvalue weighted by atomic mass is 35.5. The Balaban J connectivity index is 2.02. The lowest BCUT2D eigenvalue weighted by Gasteiger charge is -2.13. The summed E-state index contributed by atoms with van der Waals surface area (Å²) >= 11 is 6.06. The predicted molar refractivity (Wildman–Crippen MR) is 107 cm³/mol. The van der Waals surface area contributed by atoms with Crippen LogP contribution in [-0.2, 0) is 4.79 Å². The lowest BCUT2D eigenvalue weighted by atomic mass is 9.92. The number of carbonyl (C=O) groups is 1. The molecule has 6 nitrogen and oxygen atoms in total. The van der Waals surface area contributed by atoms with Gasteiger partial charge in [-0.25, -0.2) is 0 Å². The number of primary amides is 1. The summed E-state index contributed by atoms with van der Waals surface area (Å²) in [6, 6.07) is 12.6. The van der Waals surface area contributed by atoms with E-state index in [1.54, 1.807) is 19.2 Å². The van der Waals surface area contributed by atoms with Gasteiger partial charge in [-0.2, -0.15) is 0 Å². The minimum absolute atomic E-state index is 0.0177. The minimum atomic E-state index is -0.572. The number of carbonyl (C=O) groups excluding carboxylic acids is 1. The summed E-state index contributed by atoms with van der Waals surface area (Å²) in [7, 11) is 1.61. The molecule has 142 valence electrons. The summed E-state index contributed by atoms with van der Waals surface area (Å²) in [4.78, 5) is 16.6. The van der Waals surface area contributed by atoms with Crippen molar-refractivity contribution >= 4 is 23.2 Å². The fourth-order valence-corrected chi connectivity index (χ4v) is 3.58. The van der Waals surface area contributed by atoms with E-state index in [0.29, 0.717) is 22.2 Å². The Morgan fingerprint density at radius 1 is 1.21 bits per heavy atom. The SMILES string of the molecule is COc1ccc2c(c1)C(c1ccc(Cl)cc1)=N[C@@H](CC(N)=O)c1onc(C)c1-2. The van der Waals surface area contributed by atoms with E-state index >= 15 is 0 Å². The van der Waals surface area contributed by atoms with Gasteiger partial charge in [0, 0.05) is 16.1 Å². The molecular formula is C21H18ClN3O3. The molecular weight excluding hydrogens is 378 g/mol. The van der Waals surface area contributed by atoms with Crippen molar-refractivity contribution in [3.63, 3.8) is 0 Å². The number of methoxy groups -OCH3 is 1. The second kappa shape index (κ2) is 7.13. The normalized spacial score (nSPS) is 15.2. The van der Waals surface area contributed by atoms with Crippen molar-refractivity contribution in [2.24, 2.45) is 10.7 Å². The number of aryl methyl sites for hydroxylation is 1. The number of halogens is 1. The van der Waals surface area contributed by atoms with Crippen LogP contribution in [0.1, 0.15) is 35.0 Å². The summed E-state index contributed by atoms with van der Waals surface area (Å²) in [5.41, 5.74) is 10.4. The number of amides is 1. The largest absolute Gasteiger partial charge is 0.497 e. The highest BCUT2D eigenvalue weighted by Crippen LogP contribution is 2.41. The van der Waals surface area contributed by atoms with Gasteiger partial charge < -0.3 is 15.0 Å². The van der Waals surface area contributed by atoms with Crippen molar-refractivity contribution < 1.29 is 14.1 Å². The van der Waals surface area contributed by atoms with Gasteiger partial charge in [0.05, 0.1) is 30.5 Å². The van der Waals surface area contributed by atoms with Gasteiger partial charge in [0.2, 0.25) is 5.91 Å². The monoisotopic (exact) mass is 395 g/mol. The van der Waals surface area contributed by atoms with E-state index in [9.17, 15) is 4.79 Å².